The second-order valence-electron chi connectivity index (χ2n) is 4.33. The number of hydrogen-bond donors (Lipinski definition) is 1. The lowest BCUT2D eigenvalue weighted by Crippen LogP contribution is -2.50. The van der Waals surface area contributed by atoms with E-state index in [0.717, 1.165) is 32.8 Å². The number of hydrogen-bond acceptors (Lipinski definition) is 4. The summed E-state index contributed by atoms with van der Waals surface area (Å²) in [6.45, 7) is 6.82. The zero-order valence-corrected chi connectivity index (χ0v) is 10.4. The number of nitrogens with zero attached hydrogens (tertiary/aromatic N) is 2. The summed E-state index contributed by atoms with van der Waals surface area (Å²) in [5.74, 6) is 0. The molecule has 4 heteroatoms. The number of pyridine rings is 1. The van der Waals surface area contributed by atoms with Gasteiger partial charge in [-0.15, -0.1) is 0 Å². The van der Waals surface area contributed by atoms with Crippen molar-refractivity contribution >= 4 is 5.69 Å². The molecule has 94 valence electrons. The van der Waals surface area contributed by atoms with Crippen molar-refractivity contribution in [3.05, 3.63) is 24.5 Å². The number of aromatic nitrogens is 1. The monoisotopic (exact) mass is 235 g/mol. The minimum absolute atomic E-state index is 0.428. The van der Waals surface area contributed by atoms with Crippen molar-refractivity contribution < 1.29 is 4.74 Å². The average molecular weight is 235 g/mol. The molecule has 2 heterocycles. The number of rotatable bonds is 5. The quantitative estimate of drug-likeness (QED) is 0.780. The Morgan fingerprint density at radius 3 is 3.06 bits per heavy atom. The Labute approximate surface area is 103 Å². The fraction of sp³-hybridized carbons (Fsp3) is 0.615. The lowest BCUT2D eigenvalue weighted by atomic mass is 10.2. The Bertz CT molecular complexity index is 318. The third kappa shape index (κ3) is 3.41. The van der Waals surface area contributed by atoms with Crippen LogP contribution in [0.25, 0.3) is 0 Å². The fourth-order valence-corrected chi connectivity index (χ4v) is 2.14. The highest BCUT2D eigenvalue weighted by molar-refractivity contribution is 5.46. The van der Waals surface area contributed by atoms with E-state index in [0.29, 0.717) is 6.04 Å². The molecule has 1 saturated heterocycles. The summed E-state index contributed by atoms with van der Waals surface area (Å²) in [6.07, 6.45) is 4.87. The summed E-state index contributed by atoms with van der Waals surface area (Å²) in [6, 6.07) is 4.56. The second-order valence-corrected chi connectivity index (χ2v) is 4.33. The van der Waals surface area contributed by atoms with Crippen molar-refractivity contribution in [2.75, 3.05) is 37.7 Å². The molecular formula is C13H21N3O. The van der Waals surface area contributed by atoms with E-state index in [9.17, 15) is 0 Å². The van der Waals surface area contributed by atoms with E-state index in [1.807, 2.05) is 12.4 Å². The van der Waals surface area contributed by atoms with E-state index in [2.05, 4.69) is 34.3 Å². The molecule has 1 unspecified atom stereocenters. The number of nitrogens with one attached hydrogen (secondary N) is 1. The molecule has 4 nitrogen and oxygen atoms in total. The van der Waals surface area contributed by atoms with E-state index in [-0.39, 0.29) is 0 Å². The van der Waals surface area contributed by atoms with E-state index < -0.39 is 0 Å². The predicted molar refractivity (Wildman–Crippen MR) is 69.4 cm³/mol. The Kier molecular flexibility index (Phi) is 4.76. The van der Waals surface area contributed by atoms with Gasteiger partial charge in [0.25, 0.3) is 0 Å². The molecule has 1 N–H and O–H groups in total. The highest BCUT2D eigenvalue weighted by atomic mass is 16.5. The van der Waals surface area contributed by atoms with Crippen LogP contribution in [0, 0.1) is 0 Å². The zero-order valence-electron chi connectivity index (χ0n) is 10.4. The van der Waals surface area contributed by atoms with Crippen LogP contribution in [-0.4, -0.2) is 43.9 Å². The minimum Gasteiger partial charge on any atom is -0.377 e. The van der Waals surface area contributed by atoms with E-state index >= 15 is 0 Å². The Morgan fingerprint density at radius 2 is 2.29 bits per heavy atom. The third-order valence-electron chi connectivity index (χ3n) is 3.03. The van der Waals surface area contributed by atoms with Crippen molar-refractivity contribution in [1.29, 1.82) is 0 Å². The molecule has 17 heavy (non-hydrogen) atoms. The van der Waals surface area contributed by atoms with Gasteiger partial charge in [-0.25, -0.2) is 0 Å². The molecule has 0 aromatic carbocycles. The van der Waals surface area contributed by atoms with Crippen LogP contribution >= 0.6 is 0 Å². The summed E-state index contributed by atoms with van der Waals surface area (Å²) >= 11 is 0. The molecule has 1 atom stereocenters. The van der Waals surface area contributed by atoms with Crippen LogP contribution in [0.15, 0.2) is 24.5 Å². The molecule has 1 aliphatic rings. The van der Waals surface area contributed by atoms with Crippen molar-refractivity contribution in [2.45, 2.75) is 19.4 Å². The normalized spacial score (nSPS) is 20.5. The molecule has 1 aliphatic heterocycles. The van der Waals surface area contributed by atoms with Crippen molar-refractivity contribution in [1.82, 2.24) is 10.3 Å². The average Bonchev–Trinajstić information content (AvgIpc) is 2.41. The standard InChI is InChI=1S/C13H21N3O/c1-2-5-15-10-13-11-17-9-8-16(13)12-3-6-14-7-4-12/h3-4,6-7,13,15H,2,5,8-11H2,1H3. The highest BCUT2D eigenvalue weighted by Crippen LogP contribution is 2.18. The minimum atomic E-state index is 0.428. The summed E-state index contributed by atoms with van der Waals surface area (Å²) in [7, 11) is 0. The van der Waals surface area contributed by atoms with Crippen LogP contribution < -0.4 is 10.2 Å². The molecule has 0 aliphatic carbocycles. The van der Waals surface area contributed by atoms with E-state index in [1.54, 1.807) is 0 Å². The van der Waals surface area contributed by atoms with Gasteiger partial charge in [0.2, 0.25) is 0 Å². The first-order valence-corrected chi connectivity index (χ1v) is 6.37. The van der Waals surface area contributed by atoms with Gasteiger partial charge in [0.15, 0.2) is 0 Å². The third-order valence-corrected chi connectivity index (χ3v) is 3.03. The maximum atomic E-state index is 5.57. The van der Waals surface area contributed by atoms with Crippen LogP contribution in [0.4, 0.5) is 5.69 Å². The van der Waals surface area contributed by atoms with Crippen LogP contribution in [0.1, 0.15) is 13.3 Å². The van der Waals surface area contributed by atoms with Gasteiger partial charge in [0.1, 0.15) is 0 Å². The molecule has 0 bridgehead atoms. The zero-order chi connectivity index (χ0) is 11.9. The topological polar surface area (TPSA) is 37.4 Å². The van der Waals surface area contributed by atoms with Crippen LogP contribution in [0.5, 0.6) is 0 Å². The highest BCUT2D eigenvalue weighted by Gasteiger charge is 2.22. The van der Waals surface area contributed by atoms with Gasteiger partial charge in [0.05, 0.1) is 19.3 Å². The molecule has 0 spiro atoms. The van der Waals surface area contributed by atoms with Crippen LogP contribution in [0.2, 0.25) is 0 Å². The van der Waals surface area contributed by atoms with Crippen molar-refractivity contribution in [2.24, 2.45) is 0 Å². The molecular weight excluding hydrogens is 214 g/mol. The number of ether oxygens (including phenoxy) is 1. The van der Waals surface area contributed by atoms with Gasteiger partial charge in [-0.3, -0.25) is 4.98 Å². The number of morpholine rings is 1. The smallest absolute Gasteiger partial charge is 0.0683 e. The van der Waals surface area contributed by atoms with Crippen molar-refractivity contribution in [3.63, 3.8) is 0 Å². The number of anilines is 1. The molecule has 1 aromatic heterocycles. The largest absolute Gasteiger partial charge is 0.377 e. The van der Waals surface area contributed by atoms with Gasteiger partial charge in [0, 0.05) is 31.2 Å². The first kappa shape index (κ1) is 12.3. The van der Waals surface area contributed by atoms with Gasteiger partial charge in [-0.05, 0) is 25.1 Å². The van der Waals surface area contributed by atoms with Crippen LogP contribution in [-0.2, 0) is 4.74 Å². The first-order valence-electron chi connectivity index (χ1n) is 6.37. The molecule has 0 amide bonds. The second kappa shape index (κ2) is 6.57. The van der Waals surface area contributed by atoms with Gasteiger partial charge in [-0.1, -0.05) is 6.92 Å². The van der Waals surface area contributed by atoms with Gasteiger partial charge >= 0.3 is 0 Å². The predicted octanol–water partition coefficient (Wildman–Crippen LogP) is 1.29. The molecule has 1 fully saturated rings. The maximum Gasteiger partial charge on any atom is 0.0683 e. The first-order chi connectivity index (χ1) is 8.42. The summed E-state index contributed by atoms with van der Waals surface area (Å²) in [5.41, 5.74) is 1.24. The van der Waals surface area contributed by atoms with Gasteiger partial charge < -0.3 is 15.0 Å². The molecule has 0 saturated carbocycles. The Balaban J connectivity index is 1.97. The van der Waals surface area contributed by atoms with Crippen molar-refractivity contribution in [3.8, 4) is 0 Å². The lowest BCUT2D eigenvalue weighted by Gasteiger charge is -2.37. The molecule has 1 aromatic rings. The fourth-order valence-electron chi connectivity index (χ4n) is 2.14. The van der Waals surface area contributed by atoms with Gasteiger partial charge in [-0.2, -0.15) is 0 Å². The van der Waals surface area contributed by atoms with E-state index in [1.165, 1.54) is 12.1 Å². The maximum absolute atomic E-state index is 5.57. The summed E-state index contributed by atoms with van der Waals surface area (Å²) in [5, 5.41) is 3.47. The summed E-state index contributed by atoms with van der Waals surface area (Å²) < 4.78 is 5.57. The van der Waals surface area contributed by atoms with Crippen LogP contribution in [0.3, 0.4) is 0 Å². The lowest BCUT2D eigenvalue weighted by molar-refractivity contribution is 0.0938. The van der Waals surface area contributed by atoms with E-state index in [4.69, 9.17) is 4.74 Å². The molecule has 2 rings (SSSR count). The Morgan fingerprint density at radius 1 is 1.47 bits per heavy atom. The molecule has 0 radical (unpaired) electrons. The Hall–Kier alpha value is -1.13. The SMILES string of the molecule is CCCNCC1COCCN1c1ccncc1. The summed E-state index contributed by atoms with van der Waals surface area (Å²) in [4.78, 5) is 6.48.